The Kier molecular flexibility index (Phi) is 4.00. The molecular formula is C13H10Cl3NO. The average Bonchev–Trinajstić information content (AvgIpc) is 2.31. The van der Waals surface area contributed by atoms with Gasteiger partial charge in [0.05, 0.1) is 5.02 Å². The summed E-state index contributed by atoms with van der Waals surface area (Å²) in [5.74, 6) is 0.903. The lowest BCUT2D eigenvalue weighted by atomic mass is 10.1. The van der Waals surface area contributed by atoms with Crippen LogP contribution in [0.2, 0.25) is 15.2 Å². The maximum atomic E-state index is 5.99. The van der Waals surface area contributed by atoms with Crippen LogP contribution in [0.5, 0.6) is 11.6 Å². The molecule has 1 aromatic heterocycles. The highest BCUT2D eigenvalue weighted by atomic mass is 35.5. The third kappa shape index (κ3) is 2.89. The number of benzene rings is 1. The van der Waals surface area contributed by atoms with Gasteiger partial charge in [0.25, 0.3) is 0 Å². The molecule has 0 saturated carbocycles. The predicted molar refractivity (Wildman–Crippen MR) is 75.3 cm³/mol. The largest absolute Gasteiger partial charge is 0.437 e. The lowest BCUT2D eigenvalue weighted by Crippen LogP contribution is -1.91. The highest BCUT2D eigenvalue weighted by molar-refractivity contribution is 6.42. The van der Waals surface area contributed by atoms with Crippen LogP contribution in [0.25, 0.3) is 0 Å². The Hall–Kier alpha value is -0.960. The number of rotatable bonds is 2. The van der Waals surface area contributed by atoms with Crippen molar-refractivity contribution in [3.63, 3.8) is 0 Å². The van der Waals surface area contributed by atoms with Gasteiger partial charge in [0, 0.05) is 0 Å². The van der Waals surface area contributed by atoms with E-state index in [9.17, 15) is 0 Å². The van der Waals surface area contributed by atoms with Crippen LogP contribution in [0.3, 0.4) is 0 Å². The molecule has 1 aromatic carbocycles. The summed E-state index contributed by atoms with van der Waals surface area (Å²) in [7, 11) is 0. The highest BCUT2D eigenvalue weighted by Crippen LogP contribution is 2.33. The van der Waals surface area contributed by atoms with Crippen LogP contribution in [0.4, 0.5) is 0 Å². The van der Waals surface area contributed by atoms with Gasteiger partial charge in [-0.1, -0.05) is 40.9 Å². The zero-order valence-electron chi connectivity index (χ0n) is 9.80. The first-order valence-corrected chi connectivity index (χ1v) is 6.37. The smallest absolute Gasteiger partial charge is 0.239 e. The van der Waals surface area contributed by atoms with Crippen molar-refractivity contribution in [2.75, 3.05) is 0 Å². The second-order valence-electron chi connectivity index (χ2n) is 3.90. The average molecular weight is 303 g/mol. The van der Waals surface area contributed by atoms with Gasteiger partial charge in [-0.2, -0.15) is 4.98 Å². The fourth-order valence-corrected chi connectivity index (χ4v) is 1.92. The Balaban J connectivity index is 2.34. The van der Waals surface area contributed by atoms with E-state index in [1.165, 1.54) is 11.6 Å². The Labute approximate surface area is 120 Å². The molecule has 2 rings (SSSR count). The molecule has 0 saturated heterocycles. The second-order valence-corrected chi connectivity index (χ2v) is 5.07. The normalized spacial score (nSPS) is 10.5. The molecule has 2 aromatic rings. The Morgan fingerprint density at radius 1 is 0.944 bits per heavy atom. The summed E-state index contributed by atoms with van der Waals surface area (Å²) in [5, 5.41) is 0.789. The lowest BCUT2D eigenvalue weighted by molar-refractivity contribution is 0.463. The van der Waals surface area contributed by atoms with E-state index >= 15 is 0 Å². The molecule has 0 atom stereocenters. The van der Waals surface area contributed by atoms with Gasteiger partial charge in [0.1, 0.15) is 10.8 Å². The quantitative estimate of drug-likeness (QED) is 0.688. The van der Waals surface area contributed by atoms with Crippen molar-refractivity contribution in [3.8, 4) is 11.6 Å². The molecule has 0 unspecified atom stereocenters. The SMILES string of the molecule is Cc1ccc(Oc2nc(Cl)c(Cl)cc2Cl)cc1C. The summed E-state index contributed by atoms with van der Waals surface area (Å²) in [5.41, 5.74) is 2.32. The van der Waals surface area contributed by atoms with Crippen molar-refractivity contribution < 1.29 is 4.74 Å². The molecule has 18 heavy (non-hydrogen) atoms. The fraction of sp³-hybridized carbons (Fsp3) is 0.154. The molecule has 0 bridgehead atoms. The molecule has 0 aliphatic carbocycles. The molecule has 0 spiro atoms. The molecule has 0 fully saturated rings. The maximum Gasteiger partial charge on any atom is 0.239 e. The van der Waals surface area contributed by atoms with Gasteiger partial charge in [0.2, 0.25) is 5.88 Å². The van der Waals surface area contributed by atoms with Crippen molar-refractivity contribution >= 4 is 34.8 Å². The molecule has 5 heteroatoms. The van der Waals surface area contributed by atoms with E-state index in [-0.39, 0.29) is 11.0 Å². The number of ether oxygens (including phenoxy) is 1. The second kappa shape index (κ2) is 5.35. The summed E-state index contributed by atoms with van der Waals surface area (Å²) in [6, 6.07) is 7.24. The van der Waals surface area contributed by atoms with Gasteiger partial charge in [-0.25, -0.2) is 0 Å². The van der Waals surface area contributed by atoms with Gasteiger partial charge < -0.3 is 4.74 Å². The third-order valence-electron chi connectivity index (χ3n) is 2.55. The molecule has 2 nitrogen and oxygen atoms in total. The molecule has 0 aliphatic heterocycles. The van der Waals surface area contributed by atoms with Crippen LogP contribution < -0.4 is 4.74 Å². The summed E-state index contributed by atoms with van der Waals surface area (Å²) < 4.78 is 5.59. The molecule has 1 heterocycles. The Morgan fingerprint density at radius 3 is 2.33 bits per heavy atom. The third-order valence-corrected chi connectivity index (χ3v) is 3.49. The number of nitrogens with zero attached hydrogens (tertiary/aromatic N) is 1. The zero-order valence-corrected chi connectivity index (χ0v) is 12.1. The first kappa shape index (κ1) is 13.5. The van der Waals surface area contributed by atoms with E-state index in [0.717, 1.165) is 5.56 Å². The molecule has 0 radical (unpaired) electrons. The molecular weight excluding hydrogens is 293 g/mol. The van der Waals surface area contributed by atoms with Crippen LogP contribution in [0, 0.1) is 13.8 Å². The first-order valence-electron chi connectivity index (χ1n) is 5.24. The first-order chi connectivity index (χ1) is 8.47. The number of hydrogen-bond acceptors (Lipinski definition) is 2. The van der Waals surface area contributed by atoms with Gasteiger partial charge in [-0.05, 0) is 43.2 Å². The summed E-state index contributed by atoms with van der Waals surface area (Å²) >= 11 is 17.6. The van der Waals surface area contributed by atoms with Crippen LogP contribution in [-0.2, 0) is 0 Å². The summed E-state index contributed by atoms with van der Waals surface area (Å²) in [4.78, 5) is 4.00. The van der Waals surface area contributed by atoms with Crippen molar-refractivity contribution in [1.82, 2.24) is 4.98 Å². The molecule has 0 aliphatic rings. The van der Waals surface area contributed by atoms with Crippen LogP contribution in [-0.4, -0.2) is 4.98 Å². The number of halogens is 3. The van der Waals surface area contributed by atoms with E-state index in [1.54, 1.807) is 0 Å². The predicted octanol–water partition coefficient (Wildman–Crippen LogP) is 5.45. The summed E-state index contributed by atoms with van der Waals surface area (Å²) in [6.07, 6.45) is 0. The molecule has 0 N–H and O–H groups in total. The van der Waals surface area contributed by atoms with E-state index < -0.39 is 0 Å². The van der Waals surface area contributed by atoms with Crippen molar-refractivity contribution in [2.24, 2.45) is 0 Å². The number of pyridine rings is 1. The molecule has 94 valence electrons. The minimum absolute atomic E-state index is 0.167. The van der Waals surface area contributed by atoms with E-state index in [1.807, 2.05) is 32.0 Å². The molecule has 0 amide bonds. The zero-order chi connectivity index (χ0) is 13.3. The van der Waals surface area contributed by atoms with Crippen LogP contribution >= 0.6 is 34.8 Å². The van der Waals surface area contributed by atoms with Gasteiger partial charge in [0.15, 0.2) is 5.15 Å². The Bertz CT molecular complexity index is 599. The fourth-order valence-electron chi connectivity index (χ4n) is 1.39. The summed E-state index contributed by atoms with van der Waals surface area (Å²) in [6.45, 7) is 4.04. The van der Waals surface area contributed by atoms with Gasteiger partial charge in [-0.15, -0.1) is 0 Å². The van der Waals surface area contributed by atoms with Gasteiger partial charge >= 0.3 is 0 Å². The lowest BCUT2D eigenvalue weighted by Gasteiger charge is -2.09. The van der Waals surface area contributed by atoms with Crippen molar-refractivity contribution in [1.29, 1.82) is 0 Å². The van der Waals surface area contributed by atoms with Crippen LogP contribution in [0.15, 0.2) is 24.3 Å². The van der Waals surface area contributed by atoms with E-state index in [4.69, 9.17) is 39.5 Å². The maximum absolute atomic E-state index is 5.99. The van der Waals surface area contributed by atoms with Gasteiger partial charge in [-0.3, -0.25) is 0 Å². The number of aromatic nitrogens is 1. The van der Waals surface area contributed by atoms with Crippen molar-refractivity contribution in [3.05, 3.63) is 50.6 Å². The Morgan fingerprint density at radius 2 is 1.67 bits per heavy atom. The topological polar surface area (TPSA) is 22.1 Å². The van der Waals surface area contributed by atoms with Crippen molar-refractivity contribution in [2.45, 2.75) is 13.8 Å². The standard InChI is InChI=1S/C13H10Cl3NO/c1-7-3-4-9(5-8(7)2)18-13-11(15)6-10(14)12(16)17-13/h3-6H,1-2H3. The van der Waals surface area contributed by atoms with E-state index in [2.05, 4.69) is 4.98 Å². The number of hydrogen-bond donors (Lipinski definition) is 0. The minimum atomic E-state index is 0.167. The minimum Gasteiger partial charge on any atom is -0.437 e. The van der Waals surface area contributed by atoms with E-state index in [0.29, 0.717) is 15.8 Å². The number of aryl methyl sites for hydroxylation is 2. The highest BCUT2D eigenvalue weighted by Gasteiger charge is 2.10. The van der Waals surface area contributed by atoms with Crippen LogP contribution in [0.1, 0.15) is 11.1 Å². The monoisotopic (exact) mass is 301 g/mol.